The number of ether oxygens (including phenoxy) is 1. The van der Waals surface area contributed by atoms with E-state index in [1.165, 1.54) is 31.5 Å². The van der Waals surface area contributed by atoms with Gasteiger partial charge in [-0.1, -0.05) is 37.2 Å². The van der Waals surface area contributed by atoms with Crippen LogP contribution in [-0.2, 0) is 10.0 Å². The van der Waals surface area contributed by atoms with Crippen molar-refractivity contribution in [3.05, 3.63) is 48.0 Å². The van der Waals surface area contributed by atoms with Crippen molar-refractivity contribution in [1.82, 2.24) is 9.29 Å². The highest BCUT2D eigenvalue weighted by atomic mass is 32.2. The summed E-state index contributed by atoms with van der Waals surface area (Å²) in [6, 6.07) is 11.8. The number of rotatable bonds is 9. The zero-order valence-corrected chi connectivity index (χ0v) is 18.8. The van der Waals surface area contributed by atoms with Gasteiger partial charge in [-0.15, -0.1) is 0 Å². The smallest absolute Gasteiger partial charge is 0.257 e. The molecule has 7 nitrogen and oxygen atoms in total. The van der Waals surface area contributed by atoms with Crippen molar-refractivity contribution in [1.29, 1.82) is 0 Å². The van der Waals surface area contributed by atoms with Crippen LogP contribution in [0.15, 0.2) is 47.4 Å². The van der Waals surface area contributed by atoms with Crippen molar-refractivity contribution >= 4 is 42.6 Å². The zero-order valence-electron chi connectivity index (χ0n) is 17.2. The minimum atomic E-state index is -3.53. The van der Waals surface area contributed by atoms with Crippen LogP contribution in [0, 0.1) is 0 Å². The van der Waals surface area contributed by atoms with Crippen LogP contribution >= 0.6 is 11.3 Å². The van der Waals surface area contributed by atoms with Crippen molar-refractivity contribution in [3.63, 3.8) is 0 Å². The first-order valence-corrected chi connectivity index (χ1v) is 11.9. The van der Waals surface area contributed by atoms with E-state index in [1.54, 1.807) is 30.3 Å². The minimum absolute atomic E-state index is 0.189. The first kappa shape index (κ1) is 22.2. The minimum Gasteiger partial charge on any atom is -0.494 e. The van der Waals surface area contributed by atoms with Gasteiger partial charge in [0.1, 0.15) is 5.75 Å². The highest BCUT2D eigenvalue weighted by Crippen LogP contribution is 2.29. The number of hydrogen-bond donors (Lipinski definition) is 1. The molecule has 30 heavy (non-hydrogen) atoms. The number of amides is 1. The van der Waals surface area contributed by atoms with E-state index in [2.05, 4.69) is 17.2 Å². The van der Waals surface area contributed by atoms with Crippen LogP contribution in [0.4, 0.5) is 5.13 Å². The van der Waals surface area contributed by atoms with Crippen LogP contribution in [0.3, 0.4) is 0 Å². The first-order valence-electron chi connectivity index (χ1n) is 9.68. The Kier molecular flexibility index (Phi) is 7.06. The Morgan fingerprint density at radius 1 is 1.17 bits per heavy atom. The molecule has 1 N–H and O–H groups in total. The summed E-state index contributed by atoms with van der Waals surface area (Å²) < 4.78 is 32.2. The molecule has 0 bridgehead atoms. The number of fused-ring (bicyclic) bond motifs is 1. The molecule has 0 saturated heterocycles. The molecule has 9 heteroatoms. The Balaban J connectivity index is 1.74. The normalized spacial score (nSPS) is 11.7. The maximum atomic E-state index is 12.6. The lowest BCUT2D eigenvalue weighted by molar-refractivity contribution is 0.102. The molecule has 0 spiro atoms. The number of nitrogens with one attached hydrogen (secondary N) is 1. The number of benzene rings is 2. The zero-order chi connectivity index (χ0) is 21.7. The lowest BCUT2D eigenvalue weighted by Crippen LogP contribution is -2.22. The van der Waals surface area contributed by atoms with E-state index < -0.39 is 10.0 Å². The molecule has 0 aliphatic carbocycles. The van der Waals surface area contributed by atoms with Crippen molar-refractivity contribution in [2.75, 3.05) is 26.0 Å². The summed E-state index contributed by atoms with van der Waals surface area (Å²) in [5.41, 5.74) is 1.10. The van der Waals surface area contributed by atoms with Crippen LogP contribution < -0.4 is 10.1 Å². The number of anilines is 1. The van der Waals surface area contributed by atoms with E-state index >= 15 is 0 Å². The average Bonchev–Trinajstić information content (AvgIpc) is 3.12. The molecule has 3 rings (SSSR count). The molecule has 0 fully saturated rings. The Labute approximate surface area is 180 Å². The second-order valence-electron chi connectivity index (χ2n) is 6.97. The predicted molar refractivity (Wildman–Crippen MR) is 120 cm³/mol. The molecule has 0 aliphatic heterocycles. The molecule has 160 valence electrons. The number of carbonyl (C=O) groups is 1. The van der Waals surface area contributed by atoms with Crippen LogP contribution in [0.5, 0.6) is 5.75 Å². The van der Waals surface area contributed by atoms with Gasteiger partial charge in [0.15, 0.2) is 5.13 Å². The maximum Gasteiger partial charge on any atom is 0.257 e. The second kappa shape index (κ2) is 9.55. The van der Waals surface area contributed by atoms with Gasteiger partial charge in [-0.2, -0.15) is 0 Å². The van der Waals surface area contributed by atoms with E-state index in [1.807, 2.05) is 6.07 Å². The lowest BCUT2D eigenvalue weighted by atomic mass is 10.2. The Morgan fingerprint density at radius 2 is 1.97 bits per heavy atom. The summed E-state index contributed by atoms with van der Waals surface area (Å²) in [4.78, 5) is 17.2. The molecular formula is C21H25N3O4S2. The van der Waals surface area contributed by atoms with Crippen molar-refractivity contribution in [3.8, 4) is 5.75 Å². The molecule has 1 heterocycles. The van der Waals surface area contributed by atoms with E-state index in [9.17, 15) is 13.2 Å². The summed E-state index contributed by atoms with van der Waals surface area (Å²) >= 11 is 1.23. The van der Waals surface area contributed by atoms with Gasteiger partial charge in [-0.3, -0.25) is 10.1 Å². The van der Waals surface area contributed by atoms with E-state index in [-0.39, 0.29) is 10.8 Å². The van der Waals surface area contributed by atoms with E-state index in [0.717, 1.165) is 23.6 Å². The van der Waals surface area contributed by atoms with Crippen molar-refractivity contribution in [2.45, 2.75) is 31.1 Å². The van der Waals surface area contributed by atoms with Crippen molar-refractivity contribution < 1.29 is 17.9 Å². The van der Waals surface area contributed by atoms with Gasteiger partial charge in [-0.05, 0) is 42.8 Å². The predicted octanol–water partition coefficient (Wildman–Crippen LogP) is 4.37. The monoisotopic (exact) mass is 447 g/mol. The first-order chi connectivity index (χ1) is 14.3. The molecule has 1 amide bonds. The molecule has 0 unspecified atom stereocenters. The number of unbranched alkanes of at least 4 members (excludes halogenated alkanes) is 2. The summed E-state index contributed by atoms with van der Waals surface area (Å²) in [5, 5.41) is 3.19. The molecule has 1 aromatic heterocycles. The van der Waals surface area contributed by atoms with Crippen LogP contribution in [0.2, 0.25) is 0 Å². The number of thiazole rings is 1. The molecule has 0 radical (unpaired) electrons. The Hall–Kier alpha value is -2.49. The average molecular weight is 448 g/mol. The second-order valence-corrected chi connectivity index (χ2v) is 10.2. The summed E-state index contributed by atoms with van der Waals surface area (Å²) in [7, 11) is -0.559. The molecule has 2 aromatic carbocycles. The molecule has 0 atom stereocenters. The maximum absolute atomic E-state index is 12.6. The molecule has 0 saturated carbocycles. The Bertz CT molecular complexity index is 1140. The third kappa shape index (κ3) is 5.16. The van der Waals surface area contributed by atoms with Crippen LogP contribution in [-0.4, -0.2) is 44.3 Å². The number of hydrogen-bond acceptors (Lipinski definition) is 6. The topological polar surface area (TPSA) is 88.6 Å². The highest BCUT2D eigenvalue weighted by molar-refractivity contribution is 7.89. The standard InChI is InChI=1S/C21H25N3O4S2/c1-4-5-6-12-28-16-9-7-8-15(13-16)20(25)23-21-22-18-11-10-17(14-19(18)29-21)30(26,27)24(2)3/h7-11,13-14H,4-6,12H2,1-3H3,(H,22,23,25). The molecular weight excluding hydrogens is 422 g/mol. The highest BCUT2D eigenvalue weighted by Gasteiger charge is 2.19. The van der Waals surface area contributed by atoms with Gasteiger partial charge < -0.3 is 4.74 Å². The SMILES string of the molecule is CCCCCOc1cccc(C(=O)Nc2nc3ccc(S(=O)(=O)N(C)C)cc3s2)c1. The summed E-state index contributed by atoms with van der Waals surface area (Å²) in [5.74, 6) is 0.357. The van der Waals surface area contributed by atoms with Crippen LogP contribution in [0.1, 0.15) is 36.5 Å². The quantitative estimate of drug-likeness (QED) is 0.492. The van der Waals surface area contributed by atoms with E-state index in [4.69, 9.17) is 4.74 Å². The largest absolute Gasteiger partial charge is 0.494 e. The number of carbonyl (C=O) groups excluding carboxylic acids is 1. The molecule has 3 aromatic rings. The fraction of sp³-hybridized carbons (Fsp3) is 0.333. The van der Waals surface area contributed by atoms with Crippen LogP contribution in [0.25, 0.3) is 10.2 Å². The summed E-state index contributed by atoms with van der Waals surface area (Å²) in [6.07, 6.45) is 3.20. The third-order valence-corrected chi connectivity index (χ3v) is 7.22. The Morgan fingerprint density at radius 3 is 2.70 bits per heavy atom. The van der Waals surface area contributed by atoms with Gasteiger partial charge in [0.05, 0.1) is 21.7 Å². The summed E-state index contributed by atoms with van der Waals surface area (Å²) in [6.45, 7) is 2.75. The van der Waals surface area contributed by atoms with Gasteiger partial charge in [0.2, 0.25) is 10.0 Å². The third-order valence-electron chi connectivity index (χ3n) is 4.47. The fourth-order valence-corrected chi connectivity index (χ4v) is 4.67. The van der Waals surface area contributed by atoms with Crippen molar-refractivity contribution in [2.24, 2.45) is 0 Å². The number of nitrogens with zero attached hydrogens (tertiary/aromatic N) is 2. The van der Waals surface area contributed by atoms with Gasteiger partial charge in [0, 0.05) is 19.7 Å². The fourth-order valence-electron chi connectivity index (χ4n) is 2.77. The lowest BCUT2D eigenvalue weighted by Gasteiger charge is -2.10. The van der Waals surface area contributed by atoms with E-state index in [0.29, 0.717) is 33.3 Å². The van der Waals surface area contributed by atoms with Gasteiger partial charge in [-0.25, -0.2) is 17.7 Å². The van der Waals surface area contributed by atoms with Gasteiger partial charge in [0.25, 0.3) is 5.91 Å². The number of aromatic nitrogens is 1. The van der Waals surface area contributed by atoms with Gasteiger partial charge >= 0.3 is 0 Å². The molecule has 0 aliphatic rings. The number of sulfonamides is 1.